The summed E-state index contributed by atoms with van der Waals surface area (Å²) in [6, 6.07) is 10.4. The second kappa shape index (κ2) is 5.09. The van der Waals surface area contributed by atoms with E-state index in [2.05, 4.69) is 10.3 Å². The average Bonchev–Trinajstić information content (AvgIpc) is 2.83. The Kier molecular flexibility index (Phi) is 3.13. The summed E-state index contributed by atoms with van der Waals surface area (Å²) in [5, 5.41) is 2.75. The summed E-state index contributed by atoms with van der Waals surface area (Å²) in [7, 11) is 0. The van der Waals surface area contributed by atoms with Crippen LogP contribution in [0.2, 0.25) is 0 Å². The molecule has 1 N–H and O–H groups in total. The lowest BCUT2D eigenvalue weighted by Crippen LogP contribution is -2.24. The van der Waals surface area contributed by atoms with E-state index in [0.29, 0.717) is 29.7 Å². The highest BCUT2D eigenvalue weighted by atomic mass is 19.4. The average molecular weight is 331 g/mol. The summed E-state index contributed by atoms with van der Waals surface area (Å²) in [5.41, 5.74) is 0.785. The number of nitrogens with zero attached hydrogens (tertiary/aromatic N) is 2. The molecule has 0 atom stereocenters. The zero-order chi connectivity index (χ0) is 16.9. The highest BCUT2D eigenvalue weighted by Gasteiger charge is 2.35. The van der Waals surface area contributed by atoms with E-state index in [4.69, 9.17) is 0 Å². The van der Waals surface area contributed by atoms with Crippen LogP contribution in [0.4, 0.5) is 13.2 Å². The van der Waals surface area contributed by atoms with Crippen molar-refractivity contribution < 1.29 is 18.0 Å². The highest BCUT2D eigenvalue weighted by Crippen LogP contribution is 2.38. The van der Waals surface area contributed by atoms with Gasteiger partial charge in [0.25, 0.3) is 5.91 Å². The minimum atomic E-state index is -4.48. The number of halogens is 3. The van der Waals surface area contributed by atoms with Crippen molar-refractivity contribution in [2.45, 2.75) is 12.7 Å². The molecule has 2 heterocycles. The van der Waals surface area contributed by atoms with Crippen LogP contribution in [0.5, 0.6) is 0 Å². The Bertz CT molecular complexity index is 959. The monoisotopic (exact) mass is 331 g/mol. The third-order valence-electron chi connectivity index (χ3n) is 4.11. The molecule has 4 rings (SSSR count). The molecule has 7 heteroatoms. The van der Waals surface area contributed by atoms with E-state index in [1.54, 1.807) is 28.8 Å². The molecule has 4 nitrogen and oxygen atoms in total. The Morgan fingerprint density at radius 3 is 2.58 bits per heavy atom. The minimum absolute atomic E-state index is 0.0153. The molecule has 1 aliphatic rings. The Morgan fingerprint density at radius 1 is 1.04 bits per heavy atom. The van der Waals surface area contributed by atoms with Gasteiger partial charge in [-0.15, -0.1) is 0 Å². The molecule has 122 valence electrons. The highest BCUT2D eigenvalue weighted by molar-refractivity contribution is 6.06. The first kappa shape index (κ1) is 14.7. The first-order chi connectivity index (χ1) is 11.5. The maximum absolute atomic E-state index is 13.4. The molecule has 1 aromatic heterocycles. The van der Waals surface area contributed by atoms with Crippen LogP contribution in [0.3, 0.4) is 0 Å². The lowest BCUT2D eigenvalue weighted by Gasteiger charge is -2.13. The van der Waals surface area contributed by atoms with Crippen molar-refractivity contribution in [2.24, 2.45) is 0 Å². The second-order valence-corrected chi connectivity index (χ2v) is 5.56. The van der Waals surface area contributed by atoms with Gasteiger partial charge in [-0.25, -0.2) is 4.98 Å². The molecule has 1 aliphatic heterocycles. The van der Waals surface area contributed by atoms with Gasteiger partial charge in [0.2, 0.25) is 0 Å². The predicted molar refractivity (Wildman–Crippen MR) is 82.5 cm³/mol. The lowest BCUT2D eigenvalue weighted by molar-refractivity contribution is -0.137. The van der Waals surface area contributed by atoms with Crippen molar-refractivity contribution >= 4 is 16.9 Å². The van der Waals surface area contributed by atoms with Crippen LogP contribution in [0.1, 0.15) is 15.9 Å². The normalized spacial score (nSPS) is 14.5. The van der Waals surface area contributed by atoms with E-state index in [0.717, 1.165) is 6.07 Å². The van der Waals surface area contributed by atoms with Gasteiger partial charge in [-0.1, -0.05) is 24.3 Å². The second-order valence-electron chi connectivity index (χ2n) is 5.56. The maximum atomic E-state index is 13.4. The van der Waals surface area contributed by atoms with Gasteiger partial charge in [0.05, 0.1) is 22.2 Å². The van der Waals surface area contributed by atoms with Crippen LogP contribution in [-0.2, 0) is 12.7 Å². The van der Waals surface area contributed by atoms with Crippen molar-refractivity contribution in [3.63, 3.8) is 0 Å². The number of carbonyl (C=O) groups is 1. The topological polar surface area (TPSA) is 46.9 Å². The third-order valence-corrected chi connectivity index (χ3v) is 4.11. The summed E-state index contributed by atoms with van der Waals surface area (Å²) in [4.78, 5) is 16.5. The number of aromatic nitrogens is 2. The van der Waals surface area contributed by atoms with Crippen molar-refractivity contribution in [3.05, 3.63) is 53.6 Å². The Balaban J connectivity index is 2.05. The van der Waals surface area contributed by atoms with Crippen molar-refractivity contribution in [1.29, 1.82) is 0 Å². The summed E-state index contributed by atoms with van der Waals surface area (Å²) in [5.74, 6) is -0.0169. The zero-order valence-corrected chi connectivity index (χ0v) is 12.4. The molecule has 0 spiro atoms. The van der Waals surface area contributed by atoms with E-state index in [1.807, 2.05) is 0 Å². The van der Waals surface area contributed by atoms with Crippen LogP contribution in [0.25, 0.3) is 22.4 Å². The number of nitrogens with one attached hydrogen (secondary N) is 1. The molecular formula is C17H12F3N3O. The molecule has 0 saturated heterocycles. The fourth-order valence-electron chi connectivity index (χ4n) is 3.09. The Labute approximate surface area is 134 Å². The number of imidazole rings is 1. The predicted octanol–water partition coefficient (Wildman–Crippen LogP) is 3.47. The van der Waals surface area contributed by atoms with Gasteiger partial charge in [0.15, 0.2) is 0 Å². The van der Waals surface area contributed by atoms with E-state index in [1.165, 1.54) is 12.1 Å². The van der Waals surface area contributed by atoms with E-state index >= 15 is 0 Å². The fraction of sp³-hybridized carbons (Fsp3) is 0.176. The van der Waals surface area contributed by atoms with Gasteiger partial charge >= 0.3 is 6.18 Å². The van der Waals surface area contributed by atoms with Gasteiger partial charge in [-0.05, 0) is 18.2 Å². The van der Waals surface area contributed by atoms with Crippen LogP contribution >= 0.6 is 0 Å². The summed E-state index contributed by atoms with van der Waals surface area (Å²) >= 11 is 0. The van der Waals surface area contributed by atoms with Gasteiger partial charge in [-0.3, -0.25) is 4.79 Å². The largest absolute Gasteiger partial charge is 0.417 e. The Morgan fingerprint density at radius 2 is 1.79 bits per heavy atom. The molecule has 3 aromatic rings. The maximum Gasteiger partial charge on any atom is 0.417 e. The Hall–Kier alpha value is -2.83. The summed E-state index contributed by atoms with van der Waals surface area (Å²) in [6.45, 7) is 0.695. The zero-order valence-electron chi connectivity index (χ0n) is 12.4. The van der Waals surface area contributed by atoms with Crippen molar-refractivity contribution in [3.8, 4) is 11.4 Å². The molecule has 24 heavy (non-hydrogen) atoms. The van der Waals surface area contributed by atoms with Crippen LogP contribution < -0.4 is 5.32 Å². The van der Waals surface area contributed by atoms with E-state index in [9.17, 15) is 18.0 Å². The molecule has 0 bridgehead atoms. The number of alkyl halides is 3. The van der Waals surface area contributed by atoms with Gasteiger partial charge in [0, 0.05) is 18.7 Å². The fourth-order valence-corrected chi connectivity index (χ4v) is 3.09. The van der Waals surface area contributed by atoms with Crippen LogP contribution in [-0.4, -0.2) is 22.0 Å². The molecule has 1 amide bonds. The lowest BCUT2D eigenvalue weighted by atomic mass is 10.1. The molecule has 0 radical (unpaired) electrons. The summed E-state index contributed by atoms with van der Waals surface area (Å²) < 4.78 is 41.8. The number of carbonyl (C=O) groups excluding carboxylic acids is 1. The number of para-hydroxylation sites is 1. The molecule has 0 unspecified atom stereocenters. The molecule has 0 saturated carbocycles. The summed E-state index contributed by atoms with van der Waals surface area (Å²) in [6.07, 6.45) is -4.48. The first-order valence-electron chi connectivity index (χ1n) is 7.41. The quantitative estimate of drug-likeness (QED) is 0.742. The SMILES string of the molecule is O=C1NCCn2c(-c3ccccc3C(F)(F)F)nc3cccc1c32. The van der Waals surface area contributed by atoms with E-state index < -0.39 is 11.7 Å². The molecule has 0 fully saturated rings. The molecule has 0 aliphatic carbocycles. The standard InChI is InChI=1S/C17H12F3N3O/c18-17(19,20)12-6-2-1-4-10(12)15-22-13-7-3-5-11-14(13)23(15)9-8-21-16(11)24/h1-7H,8-9H2,(H,21,24). The number of amides is 1. The van der Waals surface area contributed by atoms with Gasteiger partial charge in [-0.2, -0.15) is 13.2 Å². The van der Waals surface area contributed by atoms with Crippen molar-refractivity contribution in [1.82, 2.24) is 14.9 Å². The number of hydrogen-bond acceptors (Lipinski definition) is 2. The number of rotatable bonds is 1. The van der Waals surface area contributed by atoms with E-state index in [-0.39, 0.29) is 17.3 Å². The van der Waals surface area contributed by atoms with Crippen molar-refractivity contribution in [2.75, 3.05) is 6.54 Å². The molecular weight excluding hydrogens is 319 g/mol. The number of benzene rings is 2. The van der Waals surface area contributed by atoms with Crippen LogP contribution in [0, 0.1) is 0 Å². The van der Waals surface area contributed by atoms with Gasteiger partial charge in [0.1, 0.15) is 5.82 Å². The third kappa shape index (κ3) is 2.16. The van der Waals surface area contributed by atoms with Gasteiger partial charge < -0.3 is 9.88 Å². The number of hydrogen-bond donors (Lipinski definition) is 1. The van der Waals surface area contributed by atoms with Crippen LogP contribution in [0.15, 0.2) is 42.5 Å². The smallest absolute Gasteiger partial charge is 0.350 e. The molecule has 2 aromatic carbocycles. The minimum Gasteiger partial charge on any atom is -0.350 e. The first-order valence-corrected chi connectivity index (χ1v) is 7.41.